The molecule has 3 amide bonds. The van der Waals surface area contributed by atoms with Crippen LogP contribution in [0, 0.1) is 0 Å². The highest BCUT2D eigenvalue weighted by molar-refractivity contribution is 9.10. The first-order valence-electron chi connectivity index (χ1n) is 8.68. The molecule has 2 aromatic carbocycles. The Labute approximate surface area is 171 Å². The summed E-state index contributed by atoms with van der Waals surface area (Å²) in [4.78, 5) is 26.3. The van der Waals surface area contributed by atoms with Gasteiger partial charge in [-0.15, -0.1) is 0 Å². The number of hydrogen-bond donors (Lipinski definition) is 2. The van der Waals surface area contributed by atoms with E-state index in [1.54, 1.807) is 43.3 Å². The molecule has 0 aromatic heterocycles. The maximum Gasteiger partial charge on any atom is 0.325 e. The monoisotopic (exact) mass is 448 g/mol. The van der Waals surface area contributed by atoms with E-state index in [0.717, 1.165) is 9.37 Å². The molecule has 7 nitrogen and oxygen atoms in total. The summed E-state index contributed by atoms with van der Waals surface area (Å²) < 4.78 is 11.6. The average Bonchev–Trinajstić information content (AvgIpc) is 2.90. The number of hydrogen-bond acceptors (Lipinski definition) is 5. The number of benzene rings is 2. The second kappa shape index (κ2) is 8.20. The van der Waals surface area contributed by atoms with Crippen molar-refractivity contribution in [2.75, 3.05) is 20.3 Å². The van der Waals surface area contributed by atoms with Gasteiger partial charge in [0.25, 0.3) is 5.91 Å². The maximum absolute atomic E-state index is 12.9. The van der Waals surface area contributed by atoms with Gasteiger partial charge in [0, 0.05) is 4.47 Å². The van der Waals surface area contributed by atoms with Crippen LogP contribution in [0.1, 0.15) is 12.5 Å². The SMILES string of the molecule is COc1cccc([C@@]2(C)NC(=O)N(C[C@@H](O)COc3cccc(Br)c3)C2=O)c1. The van der Waals surface area contributed by atoms with Crippen LogP contribution in [0.5, 0.6) is 11.5 Å². The quantitative estimate of drug-likeness (QED) is 0.635. The van der Waals surface area contributed by atoms with E-state index < -0.39 is 23.6 Å². The summed E-state index contributed by atoms with van der Waals surface area (Å²) in [6.07, 6.45) is -1.03. The van der Waals surface area contributed by atoms with Crippen molar-refractivity contribution >= 4 is 27.9 Å². The van der Waals surface area contributed by atoms with Crippen LogP contribution in [0.3, 0.4) is 0 Å². The molecule has 0 unspecified atom stereocenters. The van der Waals surface area contributed by atoms with Gasteiger partial charge in [-0.25, -0.2) is 4.79 Å². The number of imide groups is 1. The van der Waals surface area contributed by atoms with E-state index in [-0.39, 0.29) is 13.2 Å². The first-order valence-corrected chi connectivity index (χ1v) is 9.48. The zero-order chi connectivity index (χ0) is 20.3. The number of ether oxygens (including phenoxy) is 2. The van der Waals surface area contributed by atoms with Crippen molar-refractivity contribution in [2.45, 2.75) is 18.6 Å². The predicted octanol–water partition coefficient (Wildman–Crippen LogP) is 2.66. The van der Waals surface area contributed by atoms with Crippen molar-refractivity contribution < 1.29 is 24.2 Å². The summed E-state index contributed by atoms with van der Waals surface area (Å²) in [5.41, 5.74) is -0.621. The van der Waals surface area contributed by atoms with E-state index in [9.17, 15) is 14.7 Å². The lowest BCUT2D eigenvalue weighted by molar-refractivity contribution is -0.132. The number of nitrogens with one attached hydrogen (secondary N) is 1. The number of rotatable bonds is 7. The molecule has 1 fully saturated rings. The lowest BCUT2D eigenvalue weighted by Gasteiger charge is -2.23. The Morgan fingerprint density at radius 2 is 1.89 bits per heavy atom. The van der Waals surface area contributed by atoms with Crippen molar-refractivity contribution in [3.05, 3.63) is 58.6 Å². The Morgan fingerprint density at radius 3 is 2.61 bits per heavy atom. The minimum absolute atomic E-state index is 0.0522. The zero-order valence-electron chi connectivity index (χ0n) is 15.5. The van der Waals surface area contributed by atoms with Crippen LogP contribution in [-0.4, -0.2) is 48.3 Å². The Hall–Kier alpha value is -2.58. The molecule has 0 aliphatic carbocycles. The molecule has 148 valence electrons. The molecule has 2 N–H and O–H groups in total. The van der Waals surface area contributed by atoms with Crippen LogP contribution in [0.4, 0.5) is 4.79 Å². The van der Waals surface area contributed by atoms with E-state index in [1.807, 2.05) is 12.1 Å². The summed E-state index contributed by atoms with van der Waals surface area (Å²) in [7, 11) is 1.53. The number of urea groups is 1. The molecular formula is C20H21BrN2O5. The lowest BCUT2D eigenvalue weighted by atomic mass is 9.92. The predicted molar refractivity (Wildman–Crippen MR) is 106 cm³/mol. The molecule has 28 heavy (non-hydrogen) atoms. The second-order valence-corrected chi connectivity index (χ2v) is 7.54. The number of nitrogens with zero attached hydrogens (tertiary/aromatic N) is 1. The molecule has 0 bridgehead atoms. The second-order valence-electron chi connectivity index (χ2n) is 6.63. The number of halogens is 1. The first kappa shape index (κ1) is 20.2. The van der Waals surface area contributed by atoms with Crippen molar-refractivity contribution in [3.8, 4) is 11.5 Å². The number of methoxy groups -OCH3 is 1. The average molecular weight is 449 g/mol. The third kappa shape index (κ3) is 4.13. The lowest BCUT2D eigenvalue weighted by Crippen LogP contribution is -2.42. The molecule has 1 aliphatic heterocycles. The van der Waals surface area contributed by atoms with Gasteiger partial charge in [0.15, 0.2) is 0 Å². The third-order valence-corrected chi connectivity index (χ3v) is 5.05. The molecule has 2 atom stereocenters. The minimum Gasteiger partial charge on any atom is -0.497 e. The standard InChI is InChI=1S/C20H21BrN2O5/c1-20(13-5-3-7-16(9-13)27-2)18(25)23(19(26)22-20)11-15(24)12-28-17-8-4-6-14(21)10-17/h3-10,15,24H,11-12H2,1-2H3,(H,22,26)/t15-,20-/m1/s1. The molecular weight excluding hydrogens is 428 g/mol. The molecule has 1 saturated heterocycles. The van der Waals surface area contributed by atoms with Crippen LogP contribution in [-0.2, 0) is 10.3 Å². The van der Waals surface area contributed by atoms with Crippen LogP contribution in [0.25, 0.3) is 0 Å². The molecule has 0 spiro atoms. The summed E-state index contributed by atoms with van der Waals surface area (Å²) in [5, 5.41) is 13.0. The van der Waals surface area contributed by atoms with Crippen molar-refractivity contribution in [3.63, 3.8) is 0 Å². The highest BCUT2D eigenvalue weighted by Crippen LogP contribution is 2.31. The van der Waals surface area contributed by atoms with E-state index in [0.29, 0.717) is 17.1 Å². The van der Waals surface area contributed by atoms with Gasteiger partial charge in [-0.1, -0.05) is 34.1 Å². The molecule has 1 heterocycles. The molecule has 3 rings (SSSR count). The fraction of sp³-hybridized carbons (Fsp3) is 0.300. The number of aliphatic hydroxyl groups is 1. The topological polar surface area (TPSA) is 88.1 Å². The van der Waals surface area contributed by atoms with Gasteiger partial charge in [0.2, 0.25) is 0 Å². The number of amides is 3. The zero-order valence-corrected chi connectivity index (χ0v) is 17.1. The van der Waals surface area contributed by atoms with Gasteiger partial charge in [0.05, 0.1) is 13.7 Å². The molecule has 0 saturated carbocycles. The number of β-amino-alcohol motifs (C(OH)–C–C–N with tert-alkyl or cyclic N) is 1. The Morgan fingerprint density at radius 1 is 1.18 bits per heavy atom. The Kier molecular flexibility index (Phi) is 5.90. The molecule has 0 radical (unpaired) electrons. The van der Waals surface area contributed by atoms with Crippen LogP contribution in [0.15, 0.2) is 53.0 Å². The smallest absolute Gasteiger partial charge is 0.325 e. The summed E-state index contributed by atoms with van der Waals surface area (Å²) in [5.74, 6) is 0.723. The van der Waals surface area contributed by atoms with Crippen molar-refractivity contribution in [1.29, 1.82) is 0 Å². The number of aliphatic hydroxyl groups excluding tert-OH is 1. The summed E-state index contributed by atoms with van der Waals surface area (Å²) in [6, 6.07) is 13.6. The Bertz CT molecular complexity index is 890. The van der Waals surface area contributed by atoms with E-state index in [1.165, 1.54) is 7.11 Å². The van der Waals surface area contributed by atoms with Gasteiger partial charge in [-0.3, -0.25) is 9.69 Å². The Balaban J connectivity index is 1.67. The molecule has 1 aliphatic rings. The molecule has 2 aromatic rings. The number of carbonyl (C=O) groups excluding carboxylic acids is 2. The number of carbonyl (C=O) groups is 2. The third-order valence-electron chi connectivity index (χ3n) is 4.55. The highest BCUT2D eigenvalue weighted by Gasteiger charge is 2.49. The van der Waals surface area contributed by atoms with Gasteiger partial charge in [-0.05, 0) is 42.8 Å². The summed E-state index contributed by atoms with van der Waals surface area (Å²) >= 11 is 3.34. The largest absolute Gasteiger partial charge is 0.497 e. The molecule has 8 heteroatoms. The fourth-order valence-corrected chi connectivity index (χ4v) is 3.38. The normalized spacial score (nSPS) is 20.1. The van der Waals surface area contributed by atoms with Gasteiger partial charge in [0.1, 0.15) is 29.7 Å². The van der Waals surface area contributed by atoms with Crippen LogP contribution >= 0.6 is 15.9 Å². The van der Waals surface area contributed by atoms with Gasteiger partial charge in [-0.2, -0.15) is 0 Å². The van der Waals surface area contributed by atoms with Crippen LogP contribution < -0.4 is 14.8 Å². The first-order chi connectivity index (χ1) is 13.3. The van der Waals surface area contributed by atoms with E-state index in [2.05, 4.69) is 21.2 Å². The van der Waals surface area contributed by atoms with E-state index in [4.69, 9.17) is 9.47 Å². The summed E-state index contributed by atoms with van der Waals surface area (Å²) in [6.45, 7) is 1.41. The maximum atomic E-state index is 12.9. The minimum atomic E-state index is -1.23. The van der Waals surface area contributed by atoms with Crippen LogP contribution in [0.2, 0.25) is 0 Å². The highest BCUT2D eigenvalue weighted by atomic mass is 79.9. The van der Waals surface area contributed by atoms with Gasteiger partial charge >= 0.3 is 6.03 Å². The van der Waals surface area contributed by atoms with Gasteiger partial charge < -0.3 is 19.9 Å². The fourth-order valence-electron chi connectivity index (χ4n) is 3.01. The van der Waals surface area contributed by atoms with Crippen molar-refractivity contribution in [2.24, 2.45) is 0 Å². The van der Waals surface area contributed by atoms with E-state index >= 15 is 0 Å². The van der Waals surface area contributed by atoms with Crippen molar-refractivity contribution in [1.82, 2.24) is 10.2 Å².